The molecule has 4 aromatic carbocycles. The fourth-order valence-corrected chi connectivity index (χ4v) is 6.62. The maximum Gasteiger partial charge on any atom is 0.264 e. The first-order chi connectivity index (χ1) is 24.4. The van der Waals surface area contributed by atoms with Crippen molar-refractivity contribution in [2.75, 3.05) is 32.8 Å². The Morgan fingerprint density at radius 3 is 2.14 bits per heavy atom. The van der Waals surface area contributed by atoms with Gasteiger partial charge < -0.3 is 19.9 Å². The number of amides is 3. The van der Waals surface area contributed by atoms with Crippen molar-refractivity contribution in [1.29, 1.82) is 0 Å². The van der Waals surface area contributed by atoms with Gasteiger partial charge in [-0.2, -0.15) is 0 Å². The van der Waals surface area contributed by atoms with Gasteiger partial charge in [0.05, 0.1) is 11.3 Å². The molecule has 1 atom stereocenters. The van der Waals surface area contributed by atoms with E-state index in [1.165, 1.54) is 5.56 Å². The molecule has 3 amide bonds. The van der Waals surface area contributed by atoms with Crippen LogP contribution >= 0.6 is 0 Å². The van der Waals surface area contributed by atoms with Gasteiger partial charge in [-0.1, -0.05) is 91.0 Å². The summed E-state index contributed by atoms with van der Waals surface area (Å²) >= 11 is 0. The second kappa shape index (κ2) is 16.3. The summed E-state index contributed by atoms with van der Waals surface area (Å²) in [6, 6.07) is 40.2. The van der Waals surface area contributed by atoms with Gasteiger partial charge in [0.15, 0.2) is 6.61 Å². The summed E-state index contributed by atoms with van der Waals surface area (Å²) in [6.07, 6.45) is 0.723. The molecule has 0 bridgehead atoms. The number of hydrogen-bond acceptors (Lipinski definition) is 6. The summed E-state index contributed by atoms with van der Waals surface area (Å²) in [4.78, 5) is 43.0. The molecule has 1 saturated heterocycles. The summed E-state index contributed by atoms with van der Waals surface area (Å²) in [6.45, 7) is 4.83. The van der Waals surface area contributed by atoms with Gasteiger partial charge in [-0.25, -0.2) is 0 Å². The molecule has 1 fully saturated rings. The fourth-order valence-electron chi connectivity index (χ4n) is 6.62. The van der Waals surface area contributed by atoms with Crippen molar-refractivity contribution < 1.29 is 19.1 Å². The standard InChI is InChI=1S/C41H43N5O4/c1-30-25-37(40(33-13-7-3-8-14-33)46(30)34-15-9-4-10-16-34)41(49)45-24-23-44(27-32-11-5-2-6-12-32)28-35(45)26-31-17-19-36(20-18-31)50-29-39(48)43-38(47)21-22-42/h2-20,25,35H,21-24,26-29,42H2,1H3,(H,43,47,48). The normalized spacial score (nSPS) is 14.7. The average Bonchev–Trinajstić information content (AvgIpc) is 3.49. The van der Waals surface area contributed by atoms with Crippen molar-refractivity contribution in [1.82, 2.24) is 19.7 Å². The Morgan fingerprint density at radius 1 is 0.800 bits per heavy atom. The topological polar surface area (TPSA) is 110 Å². The number of nitrogens with one attached hydrogen (secondary N) is 1. The highest BCUT2D eigenvalue weighted by Gasteiger charge is 2.34. The number of aromatic nitrogens is 1. The quantitative estimate of drug-likeness (QED) is 0.184. The number of hydrogen-bond donors (Lipinski definition) is 2. The van der Waals surface area contributed by atoms with Crippen molar-refractivity contribution in [2.45, 2.75) is 32.4 Å². The molecule has 0 aliphatic carbocycles. The molecule has 9 heteroatoms. The Bertz CT molecular complexity index is 1890. The Hall–Kier alpha value is -5.51. The van der Waals surface area contributed by atoms with Crippen LogP contribution in [0.25, 0.3) is 16.9 Å². The van der Waals surface area contributed by atoms with Crippen LogP contribution in [0.1, 0.15) is 33.6 Å². The number of benzene rings is 4. The highest BCUT2D eigenvalue weighted by molar-refractivity contribution is 6.01. The van der Waals surface area contributed by atoms with Crippen LogP contribution in [-0.2, 0) is 22.6 Å². The van der Waals surface area contributed by atoms with Crippen LogP contribution in [-0.4, -0.2) is 70.9 Å². The van der Waals surface area contributed by atoms with Crippen LogP contribution < -0.4 is 15.8 Å². The average molecular weight is 670 g/mol. The number of nitrogens with zero attached hydrogens (tertiary/aromatic N) is 3. The molecule has 1 aliphatic rings. The Morgan fingerprint density at radius 2 is 1.46 bits per heavy atom. The fraction of sp³-hybridized carbons (Fsp3) is 0.244. The zero-order chi connectivity index (χ0) is 34.9. The van der Waals surface area contributed by atoms with Gasteiger partial charge in [-0.15, -0.1) is 0 Å². The summed E-state index contributed by atoms with van der Waals surface area (Å²) in [7, 11) is 0. The van der Waals surface area contributed by atoms with Gasteiger partial charge in [0.1, 0.15) is 5.75 Å². The minimum Gasteiger partial charge on any atom is -0.484 e. The number of para-hydroxylation sites is 1. The van der Waals surface area contributed by atoms with Gasteiger partial charge >= 0.3 is 0 Å². The third-order valence-corrected chi connectivity index (χ3v) is 8.97. The van der Waals surface area contributed by atoms with E-state index in [-0.39, 0.29) is 31.5 Å². The molecule has 6 rings (SSSR count). The number of aryl methyl sites for hydroxylation is 1. The Balaban J connectivity index is 1.26. The van der Waals surface area contributed by atoms with Crippen LogP contribution in [0.15, 0.2) is 121 Å². The predicted octanol–water partition coefficient (Wildman–Crippen LogP) is 5.39. The van der Waals surface area contributed by atoms with E-state index >= 15 is 0 Å². The van der Waals surface area contributed by atoms with E-state index in [1.807, 2.05) is 77.7 Å². The van der Waals surface area contributed by atoms with Gasteiger partial charge in [0, 0.05) is 56.6 Å². The molecule has 1 aliphatic heterocycles. The second-order valence-electron chi connectivity index (χ2n) is 12.6. The van der Waals surface area contributed by atoms with Crippen LogP contribution in [0, 0.1) is 6.92 Å². The highest BCUT2D eigenvalue weighted by atomic mass is 16.5. The van der Waals surface area contributed by atoms with Gasteiger partial charge in [0.2, 0.25) is 5.91 Å². The molecular formula is C41H43N5O4. The SMILES string of the molecule is Cc1cc(C(=O)N2CCN(Cc3ccccc3)CC2Cc2ccc(OCC(=O)NC(=O)CCN)cc2)c(-c2ccccc2)n1-c1ccccc1. The lowest BCUT2D eigenvalue weighted by Gasteiger charge is -2.42. The predicted molar refractivity (Wildman–Crippen MR) is 195 cm³/mol. The zero-order valence-corrected chi connectivity index (χ0v) is 28.3. The van der Waals surface area contributed by atoms with Crippen molar-refractivity contribution in [3.8, 4) is 22.7 Å². The summed E-state index contributed by atoms with van der Waals surface area (Å²) in [5.74, 6) is -0.413. The van der Waals surface area contributed by atoms with E-state index < -0.39 is 11.8 Å². The van der Waals surface area contributed by atoms with E-state index in [9.17, 15) is 14.4 Å². The summed E-state index contributed by atoms with van der Waals surface area (Å²) in [5.41, 5.74) is 12.2. The molecule has 0 radical (unpaired) electrons. The van der Waals surface area contributed by atoms with Crippen molar-refractivity contribution >= 4 is 17.7 Å². The van der Waals surface area contributed by atoms with Crippen molar-refractivity contribution in [2.24, 2.45) is 5.73 Å². The van der Waals surface area contributed by atoms with E-state index in [1.54, 1.807) is 0 Å². The lowest BCUT2D eigenvalue weighted by molar-refractivity contribution is -0.131. The van der Waals surface area contributed by atoms with Crippen molar-refractivity contribution in [3.05, 3.63) is 144 Å². The third kappa shape index (κ3) is 8.37. The van der Waals surface area contributed by atoms with E-state index in [0.717, 1.165) is 47.8 Å². The second-order valence-corrected chi connectivity index (χ2v) is 12.6. The first-order valence-corrected chi connectivity index (χ1v) is 17.0. The lowest BCUT2D eigenvalue weighted by Crippen LogP contribution is -2.55. The molecule has 9 nitrogen and oxygen atoms in total. The molecule has 2 heterocycles. The molecule has 5 aromatic rings. The molecule has 1 aromatic heterocycles. The number of piperazine rings is 1. The molecule has 3 N–H and O–H groups in total. The maximum atomic E-state index is 14.8. The minimum absolute atomic E-state index is 0.0149. The first kappa shape index (κ1) is 34.4. The van der Waals surface area contributed by atoms with E-state index in [0.29, 0.717) is 24.3 Å². The Labute approximate surface area is 293 Å². The zero-order valence-electron chi connectivity index (χ0n) is 28.3. The monoisotopic (exact) mass is 669 g/mol. The summed E-state index contributed by atoms with van der Waals surface area (Å²) in [5, 5.41) is 2.27. The van der Waals surface area contributed by atoms with Crippen LogP contribution in [0.3, 0.4) is 0 Å². The third-order valence-electron chi connectivity index (χ3n) is 8.97. The van der Waals surface area contributed by atoms with Gasteiger partial charge in [-0.3, -0.25) is 24.6 Å². The van der Waals surface area contributed by atoms with E-state index in [2.05, 4.69) is 70.2 Å². The minimum atomic E-state index is -0.520. The number of nitrogens with two attached hydrogens (primary N) is 1. The molecule has 256 valence electrons. The molecule has 0 saturated carbocycles. The number of rotatable bonds is 12. The van der Waals surface area contributed by atoms with Crippen LogP contribution in [0.5, 0.6) is 5.75 Å². The Kier molecular flexibility index (Phi) is 11.2. The molecule has 0 spiro atoms. The molecule has 1 unspecified atom stereocenters. The van der Waals surface area contributed by atoms with Crippen molar-refractivity contribution in [3.63, 3.8) is 0 Å². The smallest absolute Gasteiger partial charge is 0.264 e. The van der Waals surface area contributed by atoms with E-state index in [4.69, 9.17) is 10.5 Å². The molecular weight excluding hydrogens is 626 g/mol. The summed E-state index contributed by atoms with van der Waals surface area (Å²) < 4.78 is 7.80. The van der Waals surface area contributed by atoms with Crippen LogP contribution in [0.4, 0.5) is 0 Å². The van der Waals surface area contributed by atoms with Gasteiger partial charge in [0.25, 0.3) is 11.8 Å². The number of carbonyl (C=O) groups excluding carboxylic acids is 3. The van der Waals surface area contributed by atoms with Gasteiger partial charge in [-0.05, 0) is 60.4 Å². The number of imide groups is 1. The maximum absolute atomic E-state index is 14.8. The first-order valence-electron chi connectivity index (χ1n) is 17.0. The molecule has 50 heavy (non-hydrogen) atoms. The number of ether oxygens (including phenoxy) is 1. The highest BCUT2D eigenvalue weighted by Crippen LogP contribution is 2.33. The lowest BCUT2D eigenvalue weighted by atomic mass is 9.99. The largest absolute Gasteiger partial charge is 0.484 e. The van der Waals surface area contributed by atoms with Crippen LogP contribution in [0.2, 0.25) is 0 Å². The number of carbonyl (C=O) groups is 3.